The van der Waals surface area contributed by atoms with Gasteiger partial charge in [0.15, 0.2) is 0 Å². The third-order valence-corrected chi connectivity index (χ3v) is 3.55. The van der Waals surface area contributed by atoms with Gasteiger partial charge in [-0.25, -0.2) is 0 Å². The largest absolute Gasteiger partial charge is 0.356 e. The van der Waals surface area contributed by atoms with Crippen LogP contribution in [0.5, 0.6) is 0 Å². The van der Waals surface area contributed by atoms with Gasteiger partial charge in [0.05, 0.1) is 0 Å². The number of benzene rings is 1. The van der Waals surface area contributed by atoms with Gasteiger partial charge in [-0.05, 0) is 36.9 Å². The number of hydrogen-bond donors (Lipinski definition) is 2. The van der Waals surface area contributed by atoms with E-state index in [-0.39, 0.29) is 24.2 Å². The number of carbonyl (C=O) groups excluding carboxylic acids is 1. The number of halogens is 1. The number of hydrogen-bond acceptors (Lipinski definition) is 2. The molecule has 1 rings (SSSR count). The van der Waals surface area contributed by atoms with Gasteiger partial charge < -0.3 is 10.6 Å². The molecule has 0 bridgehead atoms. The molecule has 0 aliphatic carbocycles. The summed E-state index contributed by atoms with van der Waals surface area (Å²) in [7, 11) is 1.87. The highest BCUT2D eigenvalue weighted by atomic mass is 35.5. The van der Waals surface area contributed by atoms with E-state index in [1.807, 2.05) is 14.0 Å². The second-order valence-corrected chi connectivity index (χ2v) is 5.75. The van der Waals surface area contributed by atoms with Gasteiger partial charge in [-0.15, -0.1) is 12.4 Å². The molecule has 0 saturated heterocycles. The Bertz CT molecular complexity index is 404. The summed E-state index contributed by atoms with van der Waals surface area (Å²) < 4.78 is 0. The van der Waals surface area contributed by atoms with E-state index in [0.717, 1.165) is 25.9 Å². The maximum atomic E-state index is 11.7. The molecule has 120 valence electrons. The molecule has 1 aromatic carbocycles. The maximum absolute atomic E-state index is 11.7. The van der Waals surface area contributed by atoms with Crippen LogP contribution in [-0.2, 0) is 11.2 Å². The second-order valence-electron chi connectivity index (χ2n) is 5.75. The summed E-state index contributed by atoms with van der Waals surface area (Å²) in [5.74, 6) is 0.747. The molecule has 0 radical (unpaired) electrons. The molecule has 0 spiro atoms. The van der Waals surface area contributed by atoms with Crippen molar-refractivity contribution in [1.29, 1.82) is 0 Å². The Kier molecular flexibility index (Phi) is 10.1. The number of rotatable bonds is 8. The Hall–Kier alpha value is -1.06. The van der Waals surface area contributed by atoms with Crippen molar-refractivity contribution >= 4 is 18.3 Å². The third-order valence-electron chi connectivity index (χ3n) is 3.55. The molecular weight excluding hydrogens is 284 g/mol. The number of amides is 1. The minimum Gasteiger partial charge on any atom is -0.356 e. The fourth-order valence-corrected chi connectivity index (χ4v) is 2.15. The summed E-state index contributed by atoms with van der Waals surface area (Å²) >= 11 is 0. The molecule has 1 aromatic rings. The van der Waals surface area contributed by atoms with Crippen LogP contribution in [-0.4, -0.2) is 26.0 Å². The van der Waals surface area contributed by atoms with Gasteiger partial charge in [0, 0.05) is 19.0 Å². The Balaban J connectivity index is 0.00000400. The van der Waals surface area contributed by atoms with Gasteiger partial charge >= 0.3 is 0 Å². The molecular formula is C17H29ClN2O. The first-order valence-corrected chi connectivity index (χ1v) is 7.55. The zero-order chi connectivity index (χ0) is 15.0. The number of aryl methyl sites for hydroxylation is 1. The summed E-state index contributed by atoms with van der Waals surface area (Å²) in [4.78, 5) is 11.7. The zero-order valence-corrected chi connectivity index (χ0v) is 14.4. The summed E-state index contributed by atoms with van der Waals surface area (Å²) in [5, 5.41) is 6.01. The van der Waals surface area contributed by atoms with Crippen LogP contribution < -0.4 is 10.6 Å². The molecule has 0 saturated carbocycles. The Labute approximate surface area is 135 Å². The Morgan fingerprint density at radius 1 is 1.14 bits per heavy atom. The van der Waals surface area contributed by atoms with E-state index in [2.05, 4.69) is 48.7 Å². The first kappa shape index (κ1) is 19.9. The van der Waals surface area contributed by atoms with E-state index >= 15 is 0 Å². The zero-order valence-electron chi connectivity index (χ0n) is 13.6. The molecule has 0 heterocycles. The van der Waals surface area contributed by atoms with Crippen LogP contribution in [0.3, 0.4) is 0 Å². The van der Waals surface area contributed by atoms with Crippen LogP contribution in [0, 0.1) is 5.92 Å². The van der Waals surface area contributed by atoms with Crippen LogP contribution in [0.25, 0.3) is 0 Å². The smallest absolute Gasteiger partial charge is 0.224 e. The quantitative estimate of drug-likeness (QED) is 0.724. The van der Waals surface area contributed by atoms with Gasteiger partial charge in [-0.3, -0.25) is 4.79 Å². The normalized spacial score (nSPS) is 11.9. The fraction of sp³-hybridized carbons (Fsp3) is 0.588. The summed E-state index contributed by atoms with van der Waals surface area (Å²) in [6.07, 6.45) is 2.00. The minimum absolute atomic E-state index is 0. The molecule has 0 aliphatic heterocycles. The monoisotopic (exact) mass is 312 g/mol. The lowest BCUT2D eigenvalue weighted by Gasteiger charge is -2.11. The first-order valence-electron chi connectivity index (χ1n) is 7.55. The van der Waals surface area contributed by atoms with Crippen molar-refractivity contribution in [2.24, 2.45) is 5.92 Å². The molecule has 21 heavy (non-hydrogen) atoms. The molecule has 0 aromatic heterocycles. The van der Waals surface area contributed by atoms with Gasteiger partial charge in [0.1, 0.15) is 0 Å². The van der Waals surface area contributed by atoms with Crippen molar-refractivity contribution < 1.29 is 4.79 Å². The van der Waals surface area contributed by atoms with E-state index in [9.17, 15) is 4.79 Å². The maximum Gasteiger partial charge on any atom is 0.224 e. The third kappa shape index (κ3) is 7.49. The number of nitrogens with one attached hydrogen (secondary N) is 2. The summed E-state index contributed by atoms with van der Waals surface area (Å²) in [5.41, 5.74) is 2.72. The van der Waals surface area contributed by atoms with Crippen molar-refractivity contribution in [1.82, 2.24) is 10.6 Å². The van der Waals surface area contributed by atoms with E-state index in [1.54, 1.807) is 0 Å². The molecule has 1 atom stereocenters. The topological polar surface area (TPSA) is 41.1 Å². The van der Waals surface area contributed by atoms with Crippen LogP contribution in [0.15, 0.2) is 24.3 Å². The van der Waals surface area contributed by atoms with Crippen molar-refractivity contribution in [3.63, 3.8) is 0 Å². The lowest BCUT2D eigenvalue weighted by molar-refractivity contribution is -0.124. The predicted octanol–water partition coefficient (Wildman–Crippen LogP) is 3.14. The Morgan fingerprint density at radius 3 is 2.29 bits per heavy atom. The second kappa shape index (κ2) is 10.6. The van der Waals surface area contributed by atoms with Crippen molar-refractivity contribution in [2.45, 2.75) is 39.5 Å². The average Bonchev–Trinajstić information content (AvgIpc) is 2.44. The number of carbonyl (C=O) groups is 1. The van der Waals surface area contributed by atoms with E-state index in [4.69, 9.17) is 0 Å². The predicted molar refractivity (Wildman–Crippen MR) is 92.2 cm³/mol. The van der Waals surface area contributed by atoms with Gasteiger partial charge in [0.25, 0.3) is 0 Å². The van der Waals surface area contributed by atoms with E-state index < -0.39 is 0 Å². The minimum atomic E-state index is 0. The van der Waals surface area contributed by atoms with E-state index in [1.165, 1.54) is 11.1 Å². The molecule has 3 nitrogen and oxygen atoms in total. The van der Waals surface area contributed by atoms with Gasteiger partial charge in [-0.2, -0.15) is 0 Å². The van der Waals surface area contributed by atoms with Crippen LogP contribution >= 0.6 is 12.4 Å². The lowest BCUT2D eigenvalue weighted by atomic mass is 10.0. The summed E-state index contributed by atoms with van der Waals surface area (Å²) in [6, 6.07) is 8.79. The van der Waals surface area contributed by atoms with Crippen molar-refractivity contribution in [3.05, 3.63) is 35.4 Å². The molecule has 0 aliphatic rings. The van der Waals surface area contributed by atoms with E-state index in [0.29, 0.717) is 5.92 Å². The standard InChI is InChI=1S/C17H28N2O.ClH/c1-13(2)16-9-7-15(8-10-16)6-5-11-19-17(20)14(3)12-18-4;/h7-10,13-14,18H,5-6,11-12H2,1-4H3,(H,19,20);1H. The molecule has 1 amide bonds. The van der Waals surface area contributed by atoms with Crippen LogP contribution in [0.4, 0.5) is 0 Å². The molecule has 0 fully saturated rings. The van der Waals surface area contributed by atoms with Crippen LogP contribution in [0.1, 0.15) is 44.2 Å². The molecule has 4 heteroatoms. The average molecular weight is 313 g/mol. The van der Waals surface area contributed by atoms with Crippen molar-refractivity contribution in [2.75, 3.05) is 20.1 Å². The first-order chi connectivity index (χ1) is 9.54. The highest BCUT2D eigenvalue weighted by molar-refractivity contribution is 5.85. The van der Waals surface area contributed by atoms with Crippen LogP contribution in [0.2, 0.25) is 0 Å². The highest BCUT2D eigenvalue weighted by Crippen LogP contribution is 2.15. The summed E-state index contributed by atoms with van der Waals surface area (Å²) in [6.45, 7) is 7.82. The van der Waals surface area contributed by atoms with Gasteiger partial charge in [0.2, 0.25) is 5.91 Å². The SMILES string of the molecule is CNCC(C)C(=O)NCCCc1ccc(C(C)C)cc1.Cl. The van der Waals surface area contributed by atoms with Crippen molar-refractivity contribution in [3.8, 4) is 0 Å². The van der Waals surface area contributed by atoms with Gasteiger partial charge in [-0.1, -0.05) is 45.0 Å². The lowest BCUT2D eigenvalue weighted by Crippen LogP contribution is -2.34. The Morgan fingerprint density at radius 2 is 1.76 bits per heavy atom. The molecule has 1 unspecified atom stereocenters. The fourth-order valence-electron chi connectivity index (χ4n) is 2.15. The highest BCUT2D eigenvalue weighted by Gasteiger charge is 2.10. The molecule has 2 N–H and O–H groups in total.